The Labute approximate surface area is 238 Å². The van der Waals surface area contributed by atoms with Crippen LogP contribution in [0.25, 0.3) is 22.1 Å². The zero-order valence-corrected chi connectivity index (χ0v) is 23.5. The molecular weight excluding hydrogens is 552 g/mol. The number of nitrogens with zero attached hydrogens (tertiary/aromatic N) is 1. The molecule has 2 saturated carbocycles. The Bertz CT molecular complexity index is 1520. The van der Waals surface area contributed by atoms with E-state index in [4.69, 9.17) is 9.15 Å². The minimum atomic E-state index is -2.92. The van der Waals surface area contributed by atoms with Gasteiger partial charge in [0.2, 0.25) is 11.8 Å². The zero-order valence-electron chi connectivity index (χ0n) is 22.6. The summed E-state index contributed by atoms with van der Waals surface area (Å²) in [6, 6.07) is 16.6. The van der Waals surface area contributed by atoms with E-state index in [2.05, 4.69) is 16.7 Å². The van der Waals surface area contributed by atoms with Crippen molar-refractivity contribution in [1.82, 2.24) is 10.6 Å². The number of alkyl halides is 2. The highest BCUT2D eigenvalue weighted by atomic mass is 32.2. The maximum atomic E-state index is 14.0. The minimum Gasteiger partial charge on any atom is -0.494 e. The van der Waals surface area contributed by atoms with Crippen LogP contribution in [0.4, 0.5) is 8.78 Å². The van der Waals surface area contributed by atoms with Crippen LogP contribution in [-0.4, -0.2) is 51.6 Å². The lowest BCUT2D eigenvalue weighted by Crippen LogP contribution is -2.62. The molecule has 0 radical (unpaired) electrons. The maximum Gasteiger partial charge on any atom is 0.287 e. The van der Waals surface area contributed by atoms with Crippen molar-refractivity contribution in [3.8, 4) is 22.9 Å². The van der Waals surface area contributed by atoms with Crippen LogP contribution in [-0.2, 0) is 15.6 Å². The fourth-order valence-corrected chi connectivity index (χ4v) is 5.50. The lowest BCUT2D eigenvalue weighted by atomic mass is 9.78. The molecule has 1 unspecified atom stereocenters. The van der Waals surface area contributed by atoms with Gasteiger partial charge in [-0.2, -0.15) is 5.26 Å². The fraction of sp³-hybridized carbons (Fsp3) is 0.433. The number of rotatable bonds is 10. The first-order chi connectivity index (χ1) is 19.5. The molecule has 11 heteroatoms. The summed E-state index contributed by atoms with van der Waals surface area (Å²) in [4.78, 5) is 26.5. The summed E-state index contributed by atoms with van der Waals surface area (Å²) in [7, 11) is -0.846. The number of hydrogen-bond donors (Lipinski definition) is 2. The predicted octanol–water partition coefficient (Wildman–Crippen LogP) is 5.10. The maximum absolute atomic E-state index is 14.0. The number of nitriles is 1. The largest absolute Gasteiger partial charge is 0.494 e. The number of amides is 2. The van der Waals surface area contributed by atoms with E-state index in [1.807, 2.05) is 36.4 Å². The van der Waals surface area contributed by atoms with Gasteiger partial charge in [0.15, 0.2) is 5.76 Å². The van der Waals surface area contributed by atoms with Crippen LogP contribution in [0.3, 0.4) is 0 Å². The van der Waals surface area contributed by atoms with Gasteiger partial charge in [-0.1, -0.05) is 24.3 Å². The Hall–Kier alpha value is -3.78. The molecule has 3 aromatic rings. The zero-order chi connectivity index (χ0) is 29.3. The minimum absolute atomic E-state index is 0.0418. The van der Waals surface area contributed by atoms with E-state index in [0.29, 0.717) is 48.3 Å². The van der Waals surface area contributed by atoms with Gasteiger partial charge >= 0.3 is 0 Å². The number of benzene rings is 2. The van der Waals surface area contributed by atoms with Gasteiger partial charge in [-0.05, 0) is 67.5 Å². The van der Waals surface area contributed by atoms with E-state index in [1.165, 1.54) is 0 Å². The van der Waals surface area contributed by atoms with Gasteiger partial charge in [-0.3, -0.25) is 13.8 Å². The summed E-state index contributed by atoms with van der Waals surface area (Å²) in [5.74, 6) is -2.97. The quantitative estimate of drug-likeness (QED) is 0.321. The number of halogens is 2. The van der Waals surface area contributed by atoms with Crippen molar-refractivity contribution in [2.24, 2.45) is 0 Å². The number of carbonyl (C=O) groups excluding carboxylic acids is 2. The summed E-state index contributed by atoms with van der Waals surface area (Å²) in [5.41, 5.74) is -0.348. The predicted molar refractivity (Wildman–Crippen MR) is 150 cm³/mol. The smallest absolute Gasteiger partial charge is 0.287 e. The number of hydrogen-bond acceptors (Lipinski definition) is 6. The van der Waals surface area contributed by atoms with Gasteiger partial charge in [0.05, 0.1) is 12.7 Å². The third-order valence-corrected chi connectivity index (χ3v) is 8.58. The van der Waals surface area contributed by atoms with Crippen LogP contribution >= 0.6 is 0 Å². The third-order valence-electron chi connectivity index (χ3n) is 7.72. The monoisotopic (exact) mass is 583 g/mol. The number of carbonyl (C=O) groups is 2. The second-order valence-electron chi connectivity index (χ2n) is 10.9. The molecule has 2 aromatic carbocycles. The molecule has 2 aliphatic rings. The molecule has 2 amide bonds. The summed E-state index contributed by atoms with van der Waals surface area (Å²) < 4.78 is 50.7. The van der Waals surface area contributed by atoms with E-state index in [1.54, 1.807) is 18.4 Å². The molecular formula is C30H31F2N3O5S. The van der Waals surface area contributed by atoms with Crippen molar-refractivity contribution in [3.63, 3.8) is 0 Å². The average Bonchev–Trinajstić information content (AvgIpc) is 3.59. The first-order valence-electron chi connectivity index (χ1n) is 13.5. The molecule has 5 rings (SSSR count). The highest BCUT2D eigenvalue weighted by Gasteiger charge is 2.53. The fourth-order valence-electron chi connectivity index (χ4n) is 4.98. The summed E-state index contributed by atoms with van der Waals surface area (Å²) >= 11 is 0. The second kappa shape index (κ2) is 11.2. The van der Waals surface area contributed by atoms with Gasteiger partial charge < -0.3 is 19.8 Å². The molecule has 216 valence electrons. The molecule has 0 saturated heterocycles. The van der Waals surface area contributed by atoms with Crippen LogP contribution in [0.15, 0.2) is 52.9 Å². The molecule has 0 bridgehead atoms. The molecule has 1 heterocycles. The van der Waals surface area contributed by atoms with Crippen molar-refractivity contribution < 1.29 is 31.7 Å². The summed E-state index contributed by atoms with van der Waals surface area (Å²) in [6.45, 7) is 0.479. The third kappa shape index (κ3) is 6.59. The molecule has 41 heavy (non-hydrogen) atoms. The normalized spacial score (nSPS) is 19.1. The van der Waals surface area contributed by atoms with Crippen molar-refractivity contribution in [1.29, 1.82) is 5.26 Å². The van der Waals surface area contributed by atoms with Gasteiger partial charge in [-0.25, -0.2) is 8.78 Å². The van der Waals surface area contributed by atoms with E-state index in [-0.39, 0.29) is 18.6 Å². The van der Waals surface area contributed by atoms with Crippen LogP contribution in [0, 0.1) is 11.3 Å². The van der Waals surface area contributed by atoms with E-state index in [0.717, 1.165) is 11.1 Å². The highest BCUT2D eigenvalue weighted by molar-refractivity contribution is 7.84. The Morgan fingerprint density at radius 1 is 1.00 bits per heavy atom. The number of ether oxygens (including phenoxy) is 1. The molecule has 1 aromatic heterocycles. The lowest BCUT2D eigenvalue weighted by molar-refractivity contribution is -0.133. The van der Waals surface area contributed by atoms with Crippen LogP contribution < -0.4 is 15.4 Å². The van der Waals surface area contributed by atoms with Crippen LogP contribution in [0.1, 0.15) is 55.5 Å². The van der Waals surface area contributed by atoms with E-state index < -0.39 is 52.5 Å². The van der Waals surface area contributed by atoms with E-state index >= 15 is 0 Å². The summed E-state index contributed by atoms with van der Waals surface area (Å²) in [6.07, 6.45) is 1.74. The van der Waals surface area contributed by atoms with Gasteiger partial charge in [-0.15, -0.1) is 0 Å². The first kappa shape index (κ1) is 28.7. The summed E-state index contributed by atoms with van der Waals surface area (Å²) in [5, 5.41) is 15.4. The molecule has 1 atom stereocenters. The standard InChI is InChI=1S/C30H31F2N3O5S/c1-41(38)16-2-15-39-23-7-5-20(6-8-23)21-3-4-22-18-25(40-24(22)17-21)26(36)34-29(11-13-30(31,32)14-12-29)27(37)35-28(19-33)9-10-28/h3-8,17-18H,2,9-16H2,1H3,(H,34,36)(H,35,37). The Balaban J connectivity index is 1.30. The highest BCUT2D eigenvalue weighted by Crippen LogP contribution is 2.41. The van der Waals surface area contributed by atoms with Gasteiger partial charge in [0.25, 0.3) is 5.91 Å². The molecule has 8 nitrogen and oxygen atoms in total. The number of nitrogens with one attached hydrogen (secondary N) is 2. The Morgan fingerprint density at radius 2 is 1.68 bits per heavy atom. The van der Waals surface area contributed by atoms with Crippen molar-refractivity contribution in [3.05, 3.63) is 54.3 Å². The van der Waals surface area contributed by atoms with Gasteiger partial charge in [0.1, 0.15) is 22.4 Å². The number of fused-ring (bicyclic) bond motifs is 1. The molecule has 2 aliphatic carbocycles. The molecule has 2 fully saturated rings. The Kier molecular flexibility index (Phi) is 7.88. The molecule has 0 aliphatic heterocycles. The average molecular weight is 584 g/mol. The van der Waals surface area contributed by atoms with Crippen LogP contribution in [0.2, 0.25) is 0 Å². The van der Waals surface area contributed by atoms with Crippen LogP contribution in [0.5, 0.6) is 5.75 Å². The van der Waals surface area contributed by atoms with Crippen molar-refractivity contribution in [2.45, 2.75) is 61.9 Å². The first-order valence-corrected chi connectivity index (χ1v) is 15.3. The van der Waals surface area contributed by atoms with Crippen molar-refractivity contribution in [2.75, 3.05) is 18.6 Å². The molecule has 2 N–H and O–H groups in total. The Morgan fingerprint density at radius 3 is 2.32 bits per heavy atom. The van der Waals surface area contributed by atoms with Gasteiger partial charge in [0, 0.05) is 41.0 Å². The molecule has 0 spiro atoms. The van der Waals surface area contributed by atoms with E-state index in [9.17, 15) is 27.8 Å². The topological polar surface area (TPSA) is 121 Å². The van der Waals surface area contributed by atoms with Crippen molar-refractivity contribution >= 4 is 33.6 Å². The second-order valence-corrected chi connectivity index (χ2v) is 12.5. The SMILES string of the molecule is CS(=O)CCCOc1ccc(-c2ccc3cc(C(=O)NC4(C(=O)NC5(C#N)CC5)CCC(F)(F)CC4)oc3c2)cc1. The number of furan rings is 1. The lowest BCUT2D eigenvalue weighted by Gasteiger charge is -2.39.